The third kappa shape index (κ3) is 5.75. The van der Waals surface area contributed by atoms with Crippen molar-refractivity contribution in [2.24, 2.45) is 11.8 Å². The number of fused-ring (bicyclic) bond motifs is 3. The fraction of sp³-hybridized carbons (Fsp3) is 0.455. The van der Waals surface area contributed by atoms with Gasteiger partial charge in [-0.1, -0.05) is 34.4 Å². The predicted octanol–water partition coefficient (Wildman–Crippen LogP) is 9.41. The minimum absolute atomic E-state index is 0.0504. The van der Waals surface area contributed by atoms with Crippen molar-refractivity contribution in [1.82, 2.24) is 5.16 Å². The number of anilines is 1. The molecule has 0 radical (unpaired) electrons. The number of aromatic carboxylic acids is 1. The number of hydrogen-bond donors (Lipinski definition) is 2. The number of rotatable bonds is 10. The van der Waals surface area contributed by atoms with E-state index in [0.29, 0.717) is 57.5 Å². The van der Waals surface area contributed by atoms with E-state index >= 15 is 0 Å². The largest absolute Gasteiger partial charge is 0.490 e. The molecule has 2 aromatic heterocycles. The minimum Gasteiger partial charge on any atom is -0.490 e. The number of thiophene rings is 1. The van der Waals surface area contributed by atoms with Crippen LogP contribution >= 0.6 is 34.5 Å². The SMILES string of the molecule is CC(C)Oc1cc(C(=O)O)cc2sc(NC3C4CCC3CC(OCc3c(-c5c(Cl)cccc5Cl)noc3C3CC3)C4)cc12. The number of carbonyl (C=O) groups is 1. The molecule has 226 valence electrons. The summed E-state index contributed by atoms with van der Waals surface area (Å²) in [6.45, 7) is 4.33. The Kier molecular flexibility index (Phi) is 7.83. The number of hydrogen-bond acceptors (Lipinski definition) is 7. The van der Waals surface area contributed by atoms with Crippen molar-refractivity contribution in [3.8, 4) is 17.0 Å². The molecule has 2 heterocycles. The predicted molar refractivity (Wildman–Crippen MR) is 170 cm³/mol. The first-order chi connectivity index (χ1) is 20.7. The summed E-state index contributed by atoms with van der Waals surface area (Å²) < 4.78 is 19.4. The van der Waals surface area contributed by atoms with Crippen molar-refractivity contribution in [3.05, 3.63) is 63.3 Å². The molecular formula is C33H34Cl2N2O5S. The van der Waals surface area contributed by atoms with Crippen LogP contribution in [0.3, 0.4) is 0 Å². The fourth-order valence-electron chi connectivity index (χ4n) is 6.91. The van der Waals surface area contributed by atoms with Gasteiger partial charge in [0.25, 0.3) is 0 Å². The summed E-state index contributed by atoms with van der Waals surface area (Å²) in [6.07, 6.45) is 6.59. The lowest BCUT2D eigenvalue weighted by atomic mass is 9.82. The number of carboxylic acid groups (broad SMARTS) is 1. The molecule has 3 fully saturated rings. The molecule has 2 unspecified atom stereocenters. The van der Waals surface area contributed by atoms with Gasteiger partial charge in [-0.15, -0.1) is 11.3 Å². The molecule has 2 atom stereocenters. The van der Waals surface area contributed by atoms with Crippen LogP contribution in [-0.2, 0) is 11.3 Å². The van der Waals surface area contributed by atoms with Gasteiger partial charge in [-0.2, -0.15) is 0 Å². The maximum atomic E-state index is 11.7. The van der Waals surface area contributed by atoms with E-state index in [1.54, 1.807) is 23.5 Å². The van der Waals surface area contributed by atoms with Crippen molar-refractivity contribution in [1.29, 1.82) is 0 Å². The summed E-state index contributed by atoms with van der Waals surface area (Å²) in [5.41, 5.74) is 2.60. The van der Waals surface area contributed by atoms with Crippen LogP contribution in [0.5, 0.6) is 5.75 Å². The number of nitrogens with zero attached hydrogens (tertiary/aromatic N) is 1. The maximum absolute atomic E-state index is 11.7. The summed E-state index contributed by atoms with van der Waals surface area (Å²) in [4.78, 5) is 11.7. The van der Waals surface area contributed by atoms with Crippen LogP contribution in [0.2, 0.25) is 10.0 Å². The van der Waals surface area contributed by atoms with Gasteiger partial charge in [0, 0.05) is 33.2 Å². The smallest absolute Gasteiger partial charge is 0.335 e. The molecule has 43 heavy (non-hydrogen) atoms. The molecular weight excluding hydrogens is 607 g/mol. The first-order valence-electron chi connectivity index (χ1n) is 15.0. The van der Waals surface area contributed by atoms with Gasteiger partial charge in [-0.05, 0) is 94.5 Å². The van der Waals surface area contributed by atoms with Gasteiger partial charge in [0.2, 0.25) is 0 Å². The van der Waals surface area contributed by atoms with Crippen LogP contribution in [0.4, 0.5) is 5.00 Å². The zero-order valence-corrected chi connectivity index (χ0v) is 26.4. The lowest BCUT2D eigenvalue weighted by molar-refractivity contribution is -0.00444. The maximum Gasteiger partial charge on any atom is 0.335 e. The molecule has 2 aromatic carbocycles. The average molecular weight is 642 g/mol. The van der Waals surface area contributed by atoms with Crippen molar-refractivity contribution in [3.63, 3.8) is 0 Å². The molecule has 4 aromatic rings. The van der Waals surface area contributed by atoms with Crippen LogP contribution in [0.15, 0.2) is 40.9 Å². The Morgan fingerprint density at radius 3 is 2.49 bits per heavy atom. The van der Waals surface area contributed by atoms with Crippen LogP contribution in [-0.4, -0.2) is 34.5 Å². The highest BCUT2D eigenvalue weighted by Crippen LogP contribution is 2.49. The molecule has 0 spiro atoms. The number of ether oxygens (including phenoxy) is 2. The van der Waals surface area contributed by atoms with Crippen molar-refractivity contribution < 1.29 is 23.9 Å². The molecule has 0 saturated heterocycles. The van der Waals surface area contributed by atoms with Gasteiger partial charge in [0.1, 0.15) is 17.2 Å². The number of carboxylic acids is 1. The standard InChI is InChI=1S/C33H34Cl2N2O5S/c1-16(2)41-26-12-20(33(38)39)13-27-22(26)14-28(43-27)36-30-18-8-9-19(30)11-21(10-18)40-15-23-31(37-42-32(23)17-6-7-17)29-24(34)4-3-5-25(29)35/h3-5,12-14,16-19,21,30,36H,6-11,15H2,1-2H3,(H,38,39). The highest BCUT2D eigenvalue weighted by molar-refractivity contribution is 7.22. The number of benzene rings is 2. The number of halogens is 2. The zero-order valence-electron chi connectivity index (χ0n) is 24.1. The first-order valence-corrected chi connectivity index (χ1v) is 16.6. The number of nitrogens with one attached hydrogen (secondary N) is 1. The summed E-state index contributed by atoms with van der Waals surface area (Å²) in [6, 6.07) is 11.3. The monoisotopic (exact) mass is 640 g/mol. The molecule has 3 saturated carbocycles. The van der Waals surface area contributed by atoms with Gasteiger partial charge in [0.05, 0.1) is 39.4 Å². The van der Waals surface area contributed by atoms with E-state index in [-0.39, 0.29) is 17.8 Å². The minimum atomic E-state index is -0.952. The van der Waals surface area contributed by atoms with Crippen LogP contribution in [0.1, 0.15) is 80.0 Å². The third-order valence-corrected chi connectivity index (χ3v) is 10.6. The van der Waals surface area contributed by atoms with E-state index in [2.05, 4.69) is 16.5 Å². The average Bonchev–Trinajstić information content (AvgIpc) is 3.52. The van der Waals surface area contributed by atoms with Crippen molar-refractivity contribution >= 4 is 55.6 Å². The Labute approximate surface area is 264 Å². The summed E-state index contributed by atoms with van der Waals surface area (Å²) >= 11 is 14.7. The Hall–Kier alpha value is -2.78. The second kappa shape index (κ2) is 11.6. The molecule has 2 N–H and O–H groups in total. The summed E-state index contributed by atoms with van der Waals surface area (Å²) in [7, 11) is 0. The van der Waals surface area contributed by atoms with E-state index in [1.807, 2.05) is 32.0 Å². The molecule has 0 amide bonds. The van der Waals surface area contributed by atoms with Crippen LogP contribution in [0.25, 0.3) is 21.3 Å². The molecule has 7 rings (SSSR count). The Morgan fingerprint density at radius 2 is 1.84 bits per heavy atom. The Balaban J connectivity index is 1.06. The first kappa shape index (κ1) is 29.0. The van der Waals surface area contributed by atoms with Gasteiger partial charge < -0.3 is 24.4 Å². The summed E-state index contributed by atoms with van der Waals surface area (Å²) in [5, 5.41) is 21.0. The second-order valence-corrected chi connectivity index (χ2v) is 14.3. The molecule has 0 aliphatic heterocycles. The van der Waals surface area contributed by atoms with E-state index in [9.17, 15) is 9.90 Å². The normalized spacial score (nSPS) is 23.3. The van der Waals surface area contributed by atoms with E-state index < -0.39 is 5.97 Å². The van der Waals surface area contributed by atoms with E-state index in [1.165, 1.54) is 12.8 Å². The van der Waals surface area contributed by atoms with Crippen molar-refractivity contribution in [2.75, 3.05) is 5.32 Å². The molecule has 3 aliphatic carbocycles. The number of aromatic nitrogens is 1. The van der Waals surface area contributed by atoms with Gasteiger partial charge in [-0.25, -0.2) is 4.79 Å². The van der Waals surface area contributed by atoms with Gasteiger partial charge in [0.15, 0.2) is 0 Å². The lowest BCUT2D eigenvalue weighted by Gasteiger charge is -2.36. The molecule has 2 bridgehead atoms. The second-order valence-electron chi connectivity index (χ2n) is 12.4. The fourth-order valence-corrected chi connectivity index (χ4v) is 8.55. The topological polar surface area (TPSA) is 93.8 Å². The van der Waals surface area contributed by atoms with E-state index in [4.69, 9.17) is 37.2 Å². The molecule has 3 aliphatic rings. The third-order valence-electron chi connectivity index (χ3n) is 9.00. The Bertz CT molecular complexity index is 1640. The molecule has 7 nitrogen and oxygen atoms in total. The Morgan fingerprint density at radius 1 is 1.12 bits per heavy atom. The van der Waals surface area contributed by atoms with Gasteiger partial charge in [-0.3, -0.25) is 0 Å². The van der Waals surface area contributed by atoms with E-state index in [0.717, 1.165) is 52.1 Å². The highest BCUT2D eigenvalue weighted by atomic mass is 35.5. The lowest BCUT2D eigenvalue weighted by Crippen LogP contribution is -2.39. The quantitative estimate of drug-likeness (QED) is 0.178. The van der Waals surface area contributed by atoms with Crippen LogP contribution in [0, 0.1) is 11.8 Å². The highest BCUT2D eigenvalue weighted by Gasteiger charge is 2.44. The van der Waals surface area contributed by atoms with Crippen molar-refractivity contribution in [2.45, 2.75) is 83.1 Å². The van der Waals surface area contributed by atoms with Gasteiger partial charge >= 0.3 is 5.97 Å². The zero-order chi connectivity index (χ0) is 29.8. The molecule has 10 heteroatoms. The van der Waals surface area contributed by atoms with Crippen LogP contribution < -0.4 is 10.1 Å². The summed E-state index contributed by atoms with van der Waals surface area (Å²) in [5.74, 6) is 1.95.